The molecule has 0 aliphatic heterocycles. The van der Waals surface area contributed by atoms with Crippen molar-refractivity contribution in [3.63, 3.8) is 0 Å². The normalized spacial score (nSPS) is 11.1. The van der Waals surface area contributed by atoms with Crippen LogP contribution in [0.3, 0.4) is 0 Å². The Labute approximate surface area is 148 Å². The Kier molecular flexibility index (Phi) is 5.30. The molecule has 0 atom stereocenters. The molecule has 4 nitrogen and oxygen atoms in total. The summed E-state index contributed by atoms with van der Waals surface area (Å²) in [6, 6.07) is 9.25. The van der Waals surface area contributed by atoms with E-state index in [0.717, 1.165) is 29.5 Å². The SMILES string of the molecule is CCCn1c(SCc2c(Cl)cccc2Cl)nnc1-c1ccco1. The van der Waals surface area contributed by atoms with Gasteiger partial charge in [0.2, 0.25) is 0 Å². The molecular weight excluding hydrogens is 353 g/mol. The number of nitrogens with zero attached hydrogens (tertiary/aromatic N) is 3. The third-order valence-electron chi connectivity index (χ3n) is 3.31. The van der Waals surface area contributed by atoms with Crippen LogP contribution >= 0.6 is 35.0 Å². The largest absolute Gasteiger partial charge is 0.461 e. The van der Waals surface area contributed by atoms with E-state index in [-0.39, 0.29) is 0 Å². The molecule has 23 heavy (non-hydrogen) atoms. The summed E-state index contributed by atoms with van der Waals surface area (Å²) in [5.41, 5.74) is 0.909. The van der Waals surface area contributed by atoms with Gasteiger partial charge >= 0.3 is 0 Å². The van der Waals surface area contributed by atoms with E-state index in [9.17, 15) is 0 Å². The third kappa shape index (κ3) is 3.57. The van der Waals surface area contributed by atoms with E-state index >= 15 is 0 Å². The van der Waals surface area contributed by atoms with Crippen molar-refractivity contribution < 1.29 is 4.42 Å². The number of hydrogen-bond donors (Lipinski definition) is 0. The van der Waals surface area contributed by atoms with E-state index in [4.69, 9.17) is 27.6 Å². The molecule has 0 fully saturated rings. The molecule has 3 rings (SSSR count). The Morgan fingerprint density at radius 3 is 2.57 bits per heavy atom. The van der Waals surface area contributed by atoms with Gasteiger partial charge in [0.05, 0.1) is 6.26 Å². The molecule has 120 valence electrons. The number of benzene rings is 1. The molecule has 0 amide bonds. The summed E-state index contributed by atoms with van der Waals surface area (Å²) < 4.78 is 7.51. The first kappa shape index (κ1) is 16.4. The van der Waals surface area contributed by atoms with E-state index in [1.54, 1.807) is 18.0 Å². The number of halogens is 2. The van der Waals surface area contributed by atoms with Crippen molar-refractivity contribution in [2.24, 2.45) is 0 Å². The van der Waals surface area contributed by atoms with Crippen LogP contribution in [0.5, 0.6) is 0 Å². The van der Waals surface area contributed by atoms with Gasteiger partial charge in [-0.25, -0.2) is 0 Å². The first-order valence-corrected chi connectivity index (χ1v) is 8.97. The Hall–Kier alpha value is -1.43. The zero-order valence-electron chi connectivity index (χ0n) is 12.5. The summed E-state index contributed by atoms with van der Waals surface area (Å²) in [5, 5.41) is 10.7. The summed E-state index contributed by atoms with van der Waals surface area (Å²) in [4.78, 5) is 0. The number of furan rings is 1. The maximum Gasteiger partial charge on any atom is 0.200 e. The molecular formula is C16H15Cl2N3OS. The van der Waals surface area contributed by atoms with E-state index in [0.29, 0.717) is 21.6 Å². The minimum atomic E-state index is 0.637. The summed E-state index contributed by atoms with van der Waals surface area (Å²) >= 11 is 14.0. The molecule has 0 N–H and O–H groups in total. The highest BCUT2D eigenvalue weighted by Crippen LogP contribution is 2.32. The molecule has 0 saturated heterocycles. The maximum atomic E-state index is 6.23. The van der Waals surface area contributed by atoms with Crippen molar-refractivity contribution in [3.8, 4) is 11.6 Å². The molecule has 0 aliphatic carbocycles. The first-order chi connectivity index (χ1) is 11.2. The van der Waals surface area contributed by atoms with Gasteiger partial charge in [-0.1, -0.05) is 48.0 Å². The smallest absolute Gasteiger partial charge is 0.200 e. The second-order valence-electron chi connectivity index (χ2n) is 4.92. The monoisotopic (exact) mass is 367 g/mol. The van der Waals surface area contributed by atoms with Gasteiger partial charge < -0.3 is 4.42 Å². The quantitative estimate of drug-likeness (QED) is 0.535. The fourth-order valence-corrected chi connectivity index (χ4v) is 3.92. The molecule has 0 radical (unpaired) electrons. The zero-order valence-corrected chi connectivity index (χ0v) is 14.8. The van der Waals surface area contributed by atoms with Crippen molar-refractivity contribution in [2.75, 3.05) is 0 Å². The topological polar surface area (TPSA) is 43.9 Å². The Morgan fingerprint density at radius 2 is 1.91 bits per heavy atom. The van der Waals surface area contributed by atoms with Crippen LogP contribution in [0.1, 0.15) is 18.9 Å². The van der Waals surface area contributed by atoms with Crippen LogP contribution in [0.2, 0.25) is 10.0 Å². The highest BCUT2D eigenvalue weighted by atomic mass is 35.5. The number of aromatic nitrogens is 3. The summed E-state index contributed by atoms with van der Waals surface area (Å²) in [6.07, 6.45) is 2.61. The highest BCUT2D eigenvalue weighted by Gasteiger charge is 2.16. The second kappa shape index (κ2) is 7.43. The van der Waals surface area contributed by atoms with Crippen LogP contribution in [-0.2, 0) is 12.3 Å². The highest BCUT2D eigenvalue weighted by molar-refractivity contribution is 7.98. The van der Waals surface area contributed by atoms with E-state index in [2.05, 4.69) is 21.7 Å². The van der Waals surface area contributed by atoms with Crippen molar-refractivity contribution in [2.45, 2.75) is 30.8 Å². The lowest BCUT2D eigenvalue weighted by atomic mass is 10.2. The average molecular weight is 368 g/mol. The molecule has 0 spiro atoms. The molecule has 2 aromatic heterocycles. The minimum Gasteiger partial charge on any atom is -0.461 e. The van der Waals surface area contributed by atoms with Gasteiger partial charge in [-0.3, -0.25) is 4.57 Å². The maximum absolute atomic E-state index is 6.23. The van der Waals surface area contributed by atoms with E-state index in [1.807, 2.05) is 30.3 Å². The van der Waals surface area contributed by atoms with Crippen LogP contribution < -0.4 is 0 Å². The number of rotatable bonds is 6. The molecule has 2 heterocycles. The van der Waals surface area contributed by atoms with Gasteiger partial charge in [-0.15, -0.1) is 10.2 Å². The van der Waals surface area contributed by atoms with Crippen molar-refractivity contribution >= 4 is 35.0 Å². The fraction of sp³-hybridized carbons (Fsp3) is 0.250. The minimum absolute atomic E-state index is 0.637. The lowest BCUT2D eigenvalue weighted by Crippen LogP contribution is -2.01. The Balaban J connectivity index is 1.86. The predicted octanol–water partition coefficient (Wildman–Crippen LogP) is 5.55. The summed E-state index contributed by atoms with van der Waals surface area (Å²) in [7, 11) is 0. The van der Waals surface area contributed by atoms with Crippen molar-refractivity contribution in [3.05, 3.63) is 52.2 Å². The molecule has 0 bridgehead atoms. The third-order valence-corrected chi connectivity index (χ3v) is 5.01. The van der Waals surface area contributed by atoms with Gasteiger partial charge in [0.25, 0.3) is 0 Å². The molecule has 0 saturated carbocycles. The van der Waals surface area contributed by atoms with Gasteiger partial charge in [-0.2, -0.15) is 0 Å². The van der Waals surface area contributed by atoms with Gasteiger partial charge in [0.1, 0.15) is 0 Å². The first-order valence-electron chi connectivity index (χ1n) is 7.23. The molecule has 3 aromatic rings. The van der Waals surface area contributed by atoms with Crippen LogP contribution in [0.25, 0.3) is 11.6 Å². The summed E-state index contributed by atoms with van der Waals surface area (Å²) in [6.45, 7) is 2.94. The Morgan fingerprint density at radius 1 is 1.13 bits per heavy atom. The Bertz CT molecular complexity index is 766. The van der Waals surface area contributed by atoms with Crippen LogP contribution in [0.4, 0.5) is 0 Å². The number of hydrogen-bond acceptors (Lipinski definition) is 4. The predicted molar refractivity (Wildman–Crippen MR) is 94.0 cm³/mol. The second-order valence-corrected chi connectivity index (χ2v) is 6.68. The van der Waals surface area contributed by atoms with E-state index in [1.165, 1.54) is 0 Å². The lowest BCUT2D eigenvalue weighted by molar-refractivity contribution is 0.559. The van der Waals surface area contributed by atoms with Gasteiger partial charge in [-0.05, 0) is 36.2 Å². The van der Waals surface area contributed by atoms with Crippen molar-refractivity contribution in [1.82, 2.24) is 14.8 Å². The van der Waals surface area contributed by atoms with Crippen LogP contribution in [0.15, 0.2) is 46.2 Å². The molecule has 7 heteroatoms. The van der Waals surface area contributed by atoms with Crippen LogP contribution in [0, 0.1) is 0 Å². The zero-order chi connectivity index (χ0) is 16.2. The van der Waals surface area contributed by atoms with Gasteiger partial charge in [0, 0.05) is 22.3 Å². The average Bonchev–Trinajstić information content (AvgIpc) is 3.17. The fourth-order valence-electron chi connectivity index (χ4n) is 2.22. The van der Waals surface area contributed by atoms with E-state index < -0.39 is 0 Å². The standard InChI is InChI=1S/C16H15Cl2N3OS/c1-2-8-21-15(14-7-4-9-22-14)19-20-16(21)23-10-11-12(17)5-3-6-13(11)18/h3-7,9H,2,8,10H2,1H3. The lowest BCUT2D eigenvalue weighted by Gasteiger charge is -2.09. The van der Waals surface area contributed by atoms with Crippen molar-refractivity contribution in [1.29, 1.82) is 0 Å². The number of thioether (sulfide) groups is 1. The van der Waals surface area contributed by atoms with Gasteiger partial charge in [0.15, 0.2) is 16.7 Å². The molecule has 1 aromatic carbocycles. The molecule has 0 unspecified atom stereocenters. The van der Waals surface area contributed by atoms with Crippen LogP contribution in [-0.4, -0.2) is 14.8 Å². The summed E-state index contributed by atoms with van der Waals surface area (Å²) in [5.74, 6) is 2.09. The molecule has 0 aliphatic rings.